The molecule has 0 spiro atoms. The molecule has 1 saturated carbocycles. The molecule has 194 valence electrons. The smallest absolute Gasteiger partial charge is 0.302 e. The van der Waals surface area contributed by atoms with E-state index in [0.29, 0.717) is 43.6 Å². The molecular formula is C29H33F3O4. The number of carbonyl (C=O) groups is 1. The molecule has 2 aromatic rings. The monoisotopic (exact) mass is 502 g/mol. The van der Waals surface area contributed by atoms with Gasteiger partial charge >= 0.3 is 5.97 Å². The van der Waals surface area contributed by atoms with Crippen LogP contribution in [0.5, 0.6) is 5.75 Å². The normalized spacial score (nSPS) is 22.7. The van der Waals surface area contributed by atoms with E-state index in [-0.39, 0.29) is 48.9 Å². The first-order chi connectivity index (χ1) is 17.1. The van der Waals surface area contributed by atoms with E-state index in [1.165, 1.54) is 13.0 Å². The fourth-order valence-electron chi connectivity index (χ4n) is 4.65. The molecule has 2 atom stereocenters. The van der Waals surface area contributed by atoms with Gasteiger partial charge in [-0.25, -0.2) is 13.2 Å². The van der Waals surface area contributed by atoms with E-state index >= 15 is 0 Å². The third-order valence-corrected chi connectivity index (χ3v) is 7.03. The van der Waals surface area contributed by atoms with E-state index in [1.54, 1.807) is 6.07 Å². The minimum atomic E-state index is -2.56. The van der Waals surface area contributed by atoms with Crippen LogP contribution in [0.3, 0.4) is 0 Å². The molecule has 4 nitrogen and oxygen atoms in total. The predicted octanol–water partition coefficient (Wildman–Crippen LogP) is 6.96. The Morgan fingerprint density at radius 2 is 1.81 bits per heavy atom. The largest absolute Gasteiger partial charge is 0.493 e. The molecule has 4 rings (SSSR count). The van der Waals surface area contributed by atoms with Gasteiger partial charge in [0, 0.05) is 31.6 Å². The number of alkyl halides is 2. The second kappa shape index (κ2) is 11.1. The van der Waals surface area contributed by atoms with Crippen molar-refractivity contribution >= 4 is 5.97 Å². The molecule has 1 heterocycles. The molecule has 0 unspecified atom stereocenters. The lowest BCUT2D eigenvalue weighted by Crippen LogP contribution is -2.35. The molecule has 1 aliphatic heterocycles. The van der Waals surface area contributed by atoms with Gasteiger partial charge in [0.15, 0.2) is 0 Å². The molecule has 7 heteroatoms. The third kappa shape index (κ3) is 7.12. The zero-order chi connectivity index (χ0) is 25.8. The Balaban J connectivity index is 1.35. The molecule has 1 fully saturated rings. The van der Waals surface area contributed by atoms with Crippen molar-refractivity contribution in [1.82, 2.24) is 0 Å². The van der Waals surface area contributed by atoms with Crippen molar-refractivity contribution in [3.63, 3.8) is 0 Å². The van der Waals surface area contributed by atoms with Crippen LogP contribution in [0.25, 0.3) is 0 Å². The summed E-state index contributed by atoms with van der Waals surface area (Å²) in [5, 5.41) is 0. The first-order valence-electron chi connectivity index (χ1n) is 12.4. The van der Waals surface area contributed by atoms with Gasteiger partial charge in [-0.15, -0.1) is 0 Å². The second-order valence-electron chi connectivity index (χ2n) is 10.3. The van der Waals surface area contributed by atoms with Crippen LogP contribution >= 0.6 is 0 Å². The molecule has 0 bridgehead atoms. The van der Waals surface area contributed by atoms with Crippen molar-refractivity contribution in [2.24, 2.45) is 5.41 Å². The number of ether oxygens (including phenoxy) is 3. The van der Waals surface area contributed by atoms with Gasteiger partial charge in [-0.1, -0.05) is 37.3 Å². The van der Waals surface area contributed by atoms with E-state index in [1.807, 2.05) is 49.4 Å². The van der Waals surface area contributed by atoms with Crippen LogP contribution in [0.2, 0.25) is 0 Å². The first kappa shape index (κ1) is 26.3. The van der Waals surface area contributed by atoms with Crippen molar-refractivity contribution < 1.29 is 32.2 Å². The molecular weight excluding hydrogens is 469 g/mol. The lowest BCUT2D eigenvalue weighted by atomic mass is 9.75. The fraction of sp³-hybridized carbons (Fsp3) is 0.483. The maximum absolute atomic E-state index is 14.6. The number of esters is 1. The zero-order valence-corrected chi connectivity index (χ0v) is 20.8. The summed E-state index contributed by atoms with van der Waals surface area (Å²) in [4.78, 5) is 11.1. The Hall–Kier alpha value is -2.80. The van der Waals surface area contributed by atoms with Crippen molar-refractivity contribution in [2.45, 2.75) is 70.5 Å². The summed E-state index contributed by atoms with van der Waals surface area (Å²) in [6.07, 6.45) is 5.05. The van der Waals surface area contributed by atoms with Crippen LogP contribution in [-0.2, 0) is 20.7 Å². The second-order valence-corrected chi connectivity index (χ2v) is 10.3. The van der Waals surface area contributed by atoms with Crippen LogP contribution in [0.1, 0.15) is 68.7 Å². The summed E-state index contributed by atoms with van der Waals surface area (Å²) < 4.78 is 58.6. The standard InChI is InChI=1S/C29H33F3O4/c1-20(33)34-18-25-4-3-5-27(36-25)22-8-11-26(30)23(17-22)16-21-6-9-24(10-7-21)35-19-28(2)12-14-29(31,32)15-13-28/h3-4,6-11,17,25,27H,5,12-16,18-19H2,1-2H3/t25-,27+/m1/s1. The van der Waals surface area contributed by atoms with Crippen LogP contribution in [0.15, 0.2) is 54.6 Å². The zero-order valence-electron chi connectivity index (χ0n) is 20.8. The lowest BCUT2D eigenvalue weighted by molar-refractivity contribution is -0.145. The van der Waals surface area contributed by atoms with Gasteiger partial charge in [-0.05, 0) is 60.2 Å². The highest BCUT2D eigenvalue weighted by Crippen LogP contribution is 2.43. The van der Waals surface area contributed by atoms with Crippen LogP contribution in [-0.4, -0.2) is 31.2 Å². The summed E-state index contributed by atoms with van der Waals surface area (Å²) in [5.74, 6) is -2.53. The summed E-state index contributed by atoms with van der Waals surface area (Å²) in [6, 6.07) is 12.5. The molecule has 0 aromatic heterocycles. The average Bonchev–Trinajstić information content (AvgIpc) is 2.86. The van der Waals surface area contributed by atoms with E-state index in [0.717, 1.165) is 11.1 Å². The number of hydrogen-bond acceptors (Lipinski definition) is 4. The van der Waals surface area contributed by atoms with Gasteiger partial charge in [0.25, 0.3) is 0 Å². The molecule has 0 amide bonds. The highest BCUT2D eigenvalue weighted by Gasteiger charge is 2.41. The molecule has 36 heavy (non-hydrogen) atoms. The Kier molecular flexibility index (Phi) is 8.08. The number of halogens is 3. The SMILES string of the molecule is CC(=O)OC[C@H]1C=CC[C@@H](c2ccc(F)c(Cc3ccc(OCC4(C)CCC(F)(F)CC4)cc3)c2)O1. The first-order valence-corrected chi connectivity index (χ1v) is 12.4. The Labute approximate surface area is 210 Å². The van der Waals surface area contributed by atoms with E-state index in [9.17, 15) is 18.0 Å². The minimum Gasteiger partial charge on any atom is -0.493 e. The van der Waals surface area contributed by atoms with E-state index in [4.69, 9.17) is 14.2 Å². The number of rotatable bonds is 8. The van der Waals surface area contributed by atoms with E-state index in [2.05, 4.69) is 0 Å². The van der Waals surface area contributed by atoms with Crippen LogP contribution in [0.4, 0.5) is 13.2 Å². The van der Waals surface area contributed by atoms with Gasteiger partial charge in [0.2, 0.25) is 5.92 Å². The Morgan fingerprint density at radius 3 is 2.50 bits per heavy atom. The highest BCUT2D eigenvalue weighted by atomic mass is 19.3. The quantitative estimate of drug-likeness (QED) is 0.289. The van der Waals surface area contributed by atoms with Crippen LogP contribution in [0, 0.1) is 11.2 Å². The Morgan fingerprint density at radius 1 is 1.08 bits per heavy atom. The minimum absolute atomic E-state index is 0.0918. The maximum Gasteiger partial charge on any atom is 0.302 e. The predicted molar refractivity (Wildman–Crippen MR) is 131 cm³/mol. The summed E-state index contributed by atoms with van der Waals surface area (Å²) >= 11 is 0. The van der Waals surface area contributed by atoms with Gasteiger partial charge < -0.3 is 14.2 Å². The number of benzene rings is 2. The van der Waals surface area contributed by atoms with Gasteiger partial charge in [-0.3, -0.25) is 4.79 Å². The molecule has 2 aromatic carbocycles. The van der Waals surface area contributed by atoms with Crippen molar-refractivity contribution in [2.75, 3.05) is 13.2 Å². The number of hydrogen-bond donors (Lipinski definition) is 0. The molecule has 1 aliphatic carbocycles. The highest BCUT2D eigenvalue weighted by molar-refractivity contribution is 5.65. The van der Waals surface area contributed by atoms with Gasteiger partial charge in [-0.2, -0.15) is 0 Å². The molecule has 0 saturated heterocycles. The molecule has 0 radical (unpaired) electrons. The van der Waals surface area contributed by atoms with Crippen molar-refractivity contribution in [3.05, 3.63) is 77.1 Å². The Bertz CT molecular complexity index is 1070. The summed E-state index contributed by atoms with van der Waals surface area (Å²) in [7, 11) is 0. The third-order valence-electron chi connectivity index (χ3n) is 7.03. The summed E-state index contributed by atoms with van der Waals surface area (Å²) in [6.45, 7) is 3.90. The average molecular weight is 503 g/mol. The van der Waals surface area contributed by atoms with Crippen molar-refractivity contribution in [1.29, 1.82) is 0 Å². The molecule has 0 N–H and O–H groups in total. The maximum atomic E-state index is 14.6. The number of carbonyl (C=O) groups excluding carboxylic acids is 1. The van der Waals surface area contributed by atoms with Crippen LogP contribution < -0.4 is 4.74 Å². The topological polar surface area (TPSA) is 44.8 Å². The fourth-order valence-corrected chi connectivity index (χ4v) is 4.65. The lowest BCUT2D eigenvalue weighted by Gasteiger charge is -2.36. The van der Waals surface area contributed by atoms with Crippen molar-refractivity contribution in [3.8, 4) is 5.75 Å². The van der Waals surface area contributed by atoms with Gasteiger partial charge in [0.1, 0.15) is 24.3 Å². The van der Waals surface area contributed by atoms with Gasteiger partial charge in [0.05, 0.1) is 12.7 Å². The summed E-state index contributed by atoms with van der Waals surface area (Å²) in [5.41, 5.74) is 2.11. The molecule has 2 aliphatic rings. The van der Waals surface area contributed by atoms with E-state index < -0.39 is 5.92 Å².